The summed E-state index contributed by atoms with van der Waals surface area (Å²) in [6.07, 6.45) is 9.53. The first-order valence-corrected chi connectivity index (χ1v) is 11.6. The van der Waals surface area contributed by atoms with Crippen LogP contribution in [0.15, 0.2) is 17.2 Å². The van der Waals surface area contributed by atoms with Crippen molar-refractivity contribution in [2.45, 2.75) is 96.9 Å². The SMILES string of the molecule is CC(C)CCn1cc(C(=O)NC2CCCC2)c(=O)c(C(=O)N[C@H]2CCOC(C)(C)C2)c1. The summed E-state index contributed by atoms with van der Waals surface area (Å²) in [7, 11) is 0. The van der Waals surface area contributed by atoms with E-state index in [0.717, 1.165) is 32.1 Å². The summed E-state index contributed by atoms with van der Waals surface area (Å²) in [5, 5.41) is 5.98. The lowest BCUT2D eigenvalue weighted by molar-refractivity contribution is -0.0615. The van der Waals surface area contributed by atoms with E-state index in [-0.39, 0.29) is 34.7 Å². The molecule has 2 fully saturated rings. The van der Waals surface area contributed by atoms with Crippen LogP contribution in [0.1, 0.15) is 93.4 Å². The molecule has 0 aromatic carbocycles. The maximum absolute atomic E-state index is 13.1. The summed E-state index contributed by atoms with van der Waals surface area (Å²) < 4.78 is 7.54. The van der Waals surface area contributed by atoms with Crippen molar-refractivity contribution in [3.8, 4) is 0 Å². The predicted octanol–water partition coefficient (Wildman–Crippen LogP) is 3.25. The first kappa shape index (κ1) is 23.5. The standard InChI is InChI=1S/C24H37N3O4/c1-16(2)9-11-27-14-19(22(29)25-17-7-5-6-8-17)21(28)20(15-27)23(30)26-18-10-12-31-24(3,4)13-18/h14-18H,5-13H2,1-4H3,(H,25,29)(H,26,30)/t18-/m0/s1. The van der Waals surface area contributed by atoms with E-state index in [1.165, 1.54) is 0 Å². The summed E-state index contributed by atoms with van der Waals surface area (Å²) in [6.45, 7) is 9.45. The van der Waals surface area contributed by atoms with Crippen LogP contribution in [-0.2, 0) is 11.3 Å². The summed E-state index contributed by atoms with van der Waals surface area (Å²) in [5.74, 6) is -0.324. The second kappa shape index (κ2) is 9.98. The Hall–Kier alpha value is -2.15. The fourth-order valence-corrected chi connectivity index (χ4v) is 4.44. The van der Waals surface area contributed by atoms with Gasteiger partial charge in [0.25, 0.3) is 11.8 Å². The van der Waals surface area contributed by atoms with Crippen LogP contribution in [0, 0.1) is 5.92 Å². The van der Waals surface area contributed by atoms with Crippen molar-refractivity contribution in [3.63, 3.8) is 0 Å². The Bertz CT molecular complexity index is 853. The highest BCUT2D eigenvalue weighted by atomic mass is 16.5. The molecule has 7 nitrogen and oxygen atoms in total. The Morgan fingerprint density at radius 2 is 1.65 bits per heavy atom. The predicted molar refractivity (Wildman–Crippen MR) is 120 cm³/mol. The van der Waals surface area contributed by atoms with Gasteiger partial charge in [0, 0.05) is 37.6 Å². The van der Waals surface area contributed by atoms with Gasteiger partial charge in [0.15, 0.2) is 0 Å². The lowest BCUT2D eigenvalue weighted by Crippen LogP contribution is -2.47. The van der Waals surface area contributed by atoms with Gasteiger partial charge >= 0.3 is 0 Å². The topological polar surface area (TPSA) is 89.4 Å². The number of ether oxygens (including phenoxy) is 1. The van der Waals surface area contributed by atoms with Gasteiger partial charge in [0.1, 0.15) is 11.1 Å². The lowest BCUT2D eigenvalue weighted by Gasteiger charge is -2.35. The fraction of sp³-hybridized carbons (Fsp3) is 0.708. The van der Waals surface area contributed by atoms with E-state index in [1.54, 1.807) is 12.4 Å². The molecule has 1 aliphatic carbocycles. The highest BCUT2D eigenvalue weighted by molar-refractivity contribution is 5.99. The van der Waals surface area contributed by atoms with Crippen molar-refractivity contribution in [3.05, 3.63) is 33.7 Å². The van der Waals surface area contributed by atoms with E-state index in [1.807, 2.05) is 18.4 Å². The van der Waals surface area contributed by atoms with Gasteiger partial charge in [-0.15, -0.1) is 0 Å². The molecule has 0 bridgehead atoms. The molecular formula is C24H37N3O4. The van der Waals surface area contributed by atoms with Gasteiger partial charge in [-0.2, -0.15) is 0 Å². The number of amides is 2. The van der Waals surface area contributed by atoms with Crippen LogP contribution in [0.3, 0.4) is 0 Å². The molecule has 1 aromatic rings. The van der Waals surface area contributed by atoms with E-state index in [2.05, 4.69) is 24.5 Å². The first-order valence-electron chi connectivity index (χ1n) is 11.6. The normalized spacial score (nSPS) is 21.3. The van der Waals surface area contributed by atoms with Gasteiger partial charge in [0.05, 0.1) is 5.60 Å². The number of carbonyl (C=O) groups excluding carboxylic acids is 2. The highest BCUT2D eigenvalue weighted by Crippen LogP contribution is 2.24. The average Bonchev–Trinajstić information content (AvgIpc) is 3.19. The molecule has 1 aromatic heterocycles. The van der Waals surface area contributed by atoms with Gasteiger partial charge in [-0.25, -0.2) is 0 Å². The van der Waals surface area contributed by atoms with Crippen molar-refractivity contribution in [1.82, 2.24) is 15.2 Å². The molecule has 1 saturated carbocycles. The van der Waals surface area contributed by atoms with Crippen molar-refractivity contribution >= 4 is 11.8 Å². The van der Waals surface area contributed by atoms with Crippen molar-refractivity contribution in [1.29, 1.82) is 0 Å². The second-order valence-electron chi connectivity index (χ2n) is 10.1. The number of aromatic nitrogens is 1. The van der Waals surface area contributed by atoms with Crippen LogP contribution in [0.2, 0.25) is 0 Å². The number of rotatable bonds is 7. The lowest BCUT2D eigenvalue weighted by atomic mass is 9.93. The third-order valence-electron chi connectivity index (χ3n) is 6.26. The third-order valence-corrected chi connectivity index (χ3v) is 6.26. The minimum absolute atomic E-state index is 0.0344. The monoisotopic (exact) mass is 431 g/mol. The minimum Gasteiger partial charge on any atom is -0.375 e. The molecule has 31 heavy (non-hydrogen) atoms. The van der Waals surface area contributed by atoms with Crippen LogP contribution < -0.4 is 16.1 Å². The number of pyridine rings is 1. The van der Waals surface area contributed by atoms with E-state index in [0.29, 0.717) is 31.9 Å². The summed E-state index contributed by atoms with van der Waals surface area (Å²) >= 11 is 0. The maximum atomic E-state index is 13.1. The molecule has 2 aliphatic rings. The molecule has 0 radical (unpaired) electrons. The Morgan fingerprint density at radius 1 is 1.06 bits per heavy atom. The zero-order valence-corrected chi connectivity index (χ0v) is 19.3. The van der Waals surface area contributed by atoms with Gasteiger partial charge < -0.3 is 19.9 Å². The third kappa shape index (κ3) is 6.42. The van der Waals surface area contributed by atoms with Crippen LogP contribution in [0.25, 0.3) is 0 Å². The van der Waals surface area contributed by atoms with Gasteiger partial charge in [0.2, 0.25) is 5.43 Å². The highest BCUT2D eigenvalue weighted by Gasteiger charge is 2.31. The largest absolute Gasteiger partial charge is 0.375 e. The average molecular weight is 432 g/mol. The molecule has 3 rings (SSSR count). The first-order chi connectivity index (χ1) is 14.6. The summed E-state index contributed by atoms with van der Waals surface area (Å²) in [6, 6.07) is 0.0497. The smallest absolute Gasteiger partial charge is 0.256 e. The van der Waals surface area contributed by atoms with Gasteiger partial charge in [-0.05, 0) is 51.9 Å². The van der Waals surface area contributed by atoms with Crippen molar-refractivity contribution in [2.75, 3.05) is 6.61 Å². The molecule has 1 atom stereocenters. The fourth-order valence-electron chi connectivity index (χ4n) is 4.44. The second-order valence-corrected chi connectivity index (χ2v) is 10.1. The van der Waals surface area contributed by atoms with E-state index in [9.17, 15) is 14.4 Å². The minimum atomic E-state index is -0.500. The molecule has 2 heterocycles. The maximum Gasteiger partial charge on any atom is 0.256 e. The zero-order valence-electron chi connectivity index (χ0n) is 19.3. The number of aryl methyl sites for hydroxylation is 1. The number of hydrogen-bond donors (Lipinski definition) is 2. The van der Waals surface area contributed by atoms with Gasteiger partial charge in [-0.3, -0.25) is 14.4 Å². The molecule has 1 saturated heterocycles. The molecule has 0 unspecified atom stereocenters. The number of nitrogens with zero attached hydrogens (tertiary/aromatic N) is 1. The molecule has 7 heteroatoms. The molecule has 2 N–H and O–H groups in total. The van der Waals surface area contributed by atoms with E-state index < -0.39 is 11.3 Å². The molecule has 2 amide bonds. The Balaban J connectivity index is 1.84. The van der Waals surface area contributed by atoms with Crippen LogP contribution >= 0.6 is 0 Å². The van der Waals surface area contributed by atoms with Crippen LogP contribution in [-0.4, -0.2) is 40.7 Å². The van der Waals surface area contributed by atoms with Crippen LogP contribution in [0.4, 0.5) is 0 Å². The summed E-state index contributed by atoms with van der Waals surface area (Å²) in [4.78, 5) is 39.1. The Kier molecular flexibility index (Phi) is 7.57. The zero-order chi connectivity index (χ0) is 22.6. The Morgan fingerprint density at radius 3 is 2.19 bits per heavy atom. The summed E-state index contributed by atoms with van der Waals surface area (Å²) in [5.41, 5.74) is -0.723. The number of carbonyl (C=O) groups is 2. The van der Waals surface area contributed by atoms with Crippen LogP contribution in [0.5, 0.6) is 0 Å². The van der Waals surface area contributed by atoms with Gasteiger partial charge in [-0.1, -0.05) is 26.7 Å². The number of nitrogens with one attached hydrogen (secondary N) is 2. The van der Waals surface area contributed by atoms with Crippen molar-refractivity contribution < 1.29 is 14.3 Å². The molecular weight excluding hydrogens is 394 g/mol. The van der Waals surface area contributed by atoms with E-state index in [4.69, 9.17) is 4.74 Å². The van der Waals surface area contributed by atoms with E-state index >= 15 is 0 Å². The van der Waals surface area contributed by atoms with Crippen molar-refractivity contribution in [2.24, 2.45) is 5.92 Å². The molecule has 0 spiro atoms. The quantitative estimate of drug-likeness (QED) is 0.693. The molecule has 1 aliphatic heterocycles. The molecule has 172 valence electrons. The Labute approximate surface area is 184 Å². The number of hydrogen-bond acceptors (Lipinski definition) is 4.